The number of furan rings is 1. The highest BCUT2D eigenvalue weighted by molar-refractivity contribution is 6.30. The number of fused-ring (bicyclic) bond motifs is 1. The highest BCUT2D eigenvalue weighted by atomic mass is 35.5. The molecule has 1 amide bonds. The number of para-hydroxylation sites is 1. The van der Waals surface area contributed by atoms with Crippen molar-refractivity contribution in [2.75, 3.05) is 6.54 Å². The molecule has 1 heterocycles. The Balaban J connectivity index is 2.22. The molecular weight excluding hydrogens is 228 g/mol. The molecule has 0 aliphatic heterocycles. The van der Waals surface area contributed by atoms with Crippen LogP contribution >= 0.6 is 11.6 Å². The minimum absolute atomic E-state index is 0.121. The van der Waals surface area contributed by atoms with Crippen LogP contribution in [0.1, 0.15) is 5.56 Å². The Morgan fingerprint density at radius 2 is 2.19 bits per heavy atom. The van der Waals surface area contributed by atoms with Crippen LogP contribution in [0.5, 0.6) is 0 Å². The first-order chi connectivity index (χ1) is 7.68. The second-order valence-electron chi connectivity index (χ2n) is 3.42. The number of carbonyl (C=O) groups is 1. The summed E-state index contributed by atoms with van der Waals surface area (Å²) in [5.74, 6) is -0.399. The molecule has 4 nitrogen and oxygen atoms in total. The van der Waals surface area contributed by atoms with Crippen molar-refractivity contribution >= 4 is 28.5 Å². The lowest BCUT2D eigenvalue weighted by Crippen LogP contribution is -2.28. The van der Waals surface area contributed by atoms with Gasteiger partial charge in [-0.15, -0.1) is 0 Å². The van der Waals surface area contributed by atoms with E-state index in [1.807, 2.05) is 24.3 Å². The summed E-state index contributed by atoms with van der Waals surface area (Å²) in [7, 11) is 0. The number of carbonyl (C=O) groups excluding carboxylic acids is 1. The van der Waals surface area contributed by atoms with E-state index in [9.17, 15) is 4.79 Å². The van der Waals surface area contributed by atoms with Crippen LogP contribution in [0.25, 0.3) is 11.0 Å². The average molecular weight is 239 g/mol. The Labute approximate surface area is 97.4 Å². The van der Waals surface area contributed by atoms with Gasteiger partial charge in [-0.3, -0.25) is 4.79 Å². The normalized spacial score (nSPS) is 10.8. The largest absolute Gasteiger partial charge is 0.444 e. The molecule has 0 radical (unpaired) electrons. The molecular formula is C11H11ClN2O2. The van der Waals surface area contributed by atoms with Crippen LogP contribution in [0.3, 0.4) is 0 Å². The SMILES string of the molecule is NC(=O)CNCc1c(Cl)oc2ccccc12. The number of rotatable bonds is 4. The van der Waals surface area contributed by atoms with Gasteiger partial charge in [0.15, 0.2) is 5.22 Å². The Morgan fingerprint density at radius 3 is 2.94 bits per heavy atom. The zero-order valence-electron chi connectivity index (χ0n) is 8.50. The molecule has 3 N–H and O–H groups in total. The number of primary amides is 1. The van der Waals surface area contributed by atoms with Crippen molar-refractivity contribution in [3.63, 3.8) is 0 Å². The standard InChI is InChI=1S/C11H11ClN2O2/c12-11-8(5-14-6-10(13)15)7-3-1-2-4-9(7)16-11/h1-4,14H,5-6H2,(H2,13,15). The topological polar surface area (TPSA) is 68.3 Å². The van der Waals surface area contributed by atoms with Crippen LogP contribution in [0.2, 0.25) is 5.22 Å². The van der Waals surface area contributed by atoms with E-state index in [0.29, 0.717) is 11.8 Å². The van der Waals surface area contributed by atoms with Gasteiger partial charge < -0.3 is 15.5 Å². The van der Waals surface area contributed by atoms with Gasteiger partial charge in [0, 0.05) is 17.5 Å². The van der Waals surface area contributed by atoms with Gasteiger partial charge in [-0.1, -0.05) is 18.2 Å². The van der Waals surface area contributed by atoms with Crippen molar-refractivity contribution in [3.8, 4) is 0 Å². The lowest BCUT2D eigenvalue weighted by Gasteiger charge is -2.00. The second-order valence-corrected chi connectivity index (χ2v) is 3.76. The summed E-state index contributed by atoms with van der Waals surface area (Å²) in [4.78, 5) is 10.6. The monoisotopic (exact) mass is 238 g/mol. The molecule has 0 spiro atoms. The molecule has 0 aliphatic carbocycles. The maximum absolute atomic E-state index is 10.6. The molecule has 0 saturated heterocycles. The van der Waals surface area contributed by atoms with E-state index in [1.165, 1.54) is 0 Å². The van der Waals surface area contributed by atoms with Gasteiger partial charge in [0.2, 0.25) is 5.91 Å². The van der Waals surface area contributed by atoms with Crippen LogP contribution in [0.4, 0.5) is 0 Å². The fraction of sp³-hybridized carbons (Fsp3) is 0.182. The number of nitrogens with one attached hydrogen (secondary N) is 1. The summed E-state index contributed by atoms with van der Waals surface area (Å²) < 4.78 is 5.37. The molecule has 0 saturated carbocycles. The van der Waals surface area contributed by atoms with Crippen LogP contribution in [0, 0.1) is 0 Å². The maximum Gasteiger partial charge on any atom is 0.231 e. The first kappa shape index (κ1) is 11.0. The summed E-state index contributed by atoms with van der Waals surface area (Å²) in [6, 6.07) is 7.55. The Kier molecular flexibility index (Phi) is 3.12. The molecule has 0 aliphatic rings. The van der Waals surface area contributed by atoms with E-state index in [-0.39, 0.29) is 6.54 Å². The molecule has 2 aromatic rings. The predicted octanol–water partition coefficient (Wildman–Crippen LogP) is 1.66. The van der Waals surface area contributed by atoms with E-state index in [0.717, 1.165) is 16.5 Å². The fourth-order valence-corrected chi connectivity index (χ4v) is 1.80. The summed E-state index contributed by atoms with van der Waals surface area (Å²) >= 11 is 5.96. The average Bonchev–Trinajstić information content (AvgIpc) is 2.55. The van der Waals surface area contributed by atoms with E-state index in [4.69, 9.17) is 21.8 Å². The van der Waals surface area contributed by atoms with Gasteiger partial charge in [-0.05, 0) is 17.7 Å². The third-order valence-corrected chi connectivity index (χ3v) is 2.56. The minimum Gasteiger partial charge on any atom is -0.444 e. The zero-order valence-corrected chi connectivity index (χ0v) is 9.25. The van der Waals surface area contributed by atoms with Gasteiger partial charge in [-0.25, -0.2) is 0 Å². The molecule has 0 fully saturated rings. The van der Waals surface area contributed by atoms with Crippen LogP contribution < -0.4 is 11.1 Å². The number of benzene rings is 1. The van der Waals surface area contributed by atoms with Crippen molar-refractivity contribution in [3.05, 3.63) is 35.0 Å². The van der Waals surface area contributed by atoms with Crippen molar-refractivity contribution in [1.29, 1.82) is 0 Å². The van der Waals surface area contributed by atoms with Crippen LogP contribution in [-0.2, 0) is 11.3 Å². The summed E-state index contributed by atoms with van der Waals surface area (Å²) in [6.07, 6.45) is 0. The first-order valence-electron chi connectivity index (χ1n) is 4.83. The molecule has 0 unspecified atom stereocenters. The number of hydrogen-bond donors (Lipinski definition) is 2. The third-order valence-electron chi connectivity index (χ3n) is 2.25. The Morgan fingerprint density at radius 1 is 1.44 bits per heavy atom. The van der Waals surface area contributed by atoms with Gasteiger partial charge in [0.25, 0.3) is 0 Å². The number of hydrogen-bond acceptors (Lipinski definition) is 3. The highest BCUT2D eigenvalue weighted by Gasteiger charge is 2.11. The summed E-state index contributed by atoms with van der Waals surface area (Å²) in [6.45, 7) is 0.578. The van der Waals surface area contributed by atoms with E-state index in [1.54, 1.807) is 0 Å². The van der Waals surface area contributed by atoms with Crippen molar-refractivity contribution in [2.24, 2.45) is 5.73 Å². The number of nitrogens with two attached hydrogens (primary N) is 1. The molecule has 0 atom stereocenters. The van der Waals surface area contributed by atoms with Gasteiger partial charge in [-0.2, -0.15) is 0 Å². The first-order valence-corrected chi connectivity index (χ1v) is 5.21. The van der Waals surface area contributed by atoms with Gasteiger partial charge >= 0.3 is 0 Å². The van der Waals surface area contributed by atoms with Crippen molar-refractivity contribution in [2.45, 2.75) is 6.54 Å². The molecule has 84 valence electrons. The lowest BCUT2D eigenvalue weighted by molar-refractivity contribution is -0.117. The second kappa shape index (κ2) is 4.55. The van der Waals surface area contributed by atoms with Crippen LogP contribution in [-0.4, -0.2) is 12.5 Å². The number of halogens is 1. The lowest BCUT2D eigenvalue weighted by atomic mass is 10.2. The summed E-state index contributed by atoms with van der Waals surface area (Å²) in [5, 5.41) is 4.20. The quantitative estimate of drug-likeness (QED) is 0.851. The van der Waals surface area contributed by atoms with Gasteiger partial charge in [0.05, 0.1) is 6.54 Å². The fourth-order valence-electron chi connectivity index (χ4n) is 1.54. The van der Waals surface area contributed by atoms with E-state index < -0.39 is 5.91 Å². The maximum atomic E-state index is 10.6. The van der Waals surface area contributed by atoms with E-state index in [2.05, 4.69) is 5.32 Å². The highest BCUT2D eigenvalue weighted by Crippen LogP contribution is 2.29. The van der Waals surface area contributed by atoms with E-state index >= 15 is 0 Å². The van der Waals surface area contributed by atoms with Gasteiger partial charge in [0.1, 0.15) is 5.58 Å². The molecule has 1 aromatic heterocycles. The Hall–Kier alpha value is -1.52. The van der Waals surface area contributed by atoms with Crippen molar-refractivity contribution < 1.29 is 9.21 Å². The minimum atomic E-state index is -0.399. The molecule has 16 heavy (non-hydrogen) atoms. The predicted molar refractivity (Wildman–Crippen MR) is 62.1 cm³/mol. The molecule has 5 heteroatoms. The molecule has 2 rings (SSSR count). The third kappa shape index (κ3) is 2.18. The smallest absolute Gasteiger partial charge is 0.231 e. The zero-order chi connectivity index (χ0) is 11.5. The molecule has 1 aromatic carbocycles. The van der Waals surface area contributed by atoms with Crippen molar-refractivity contribution in [1.82, 2.24) is 5.32 Å². The Bertz CT molecular complexity index is 522. The molecule has 0 bridgehead atoms. The van der Waals surface area contributed by atoms with Crippen LogP contribution in [0.15, 0.2) is 28.7 Å². The summed E-state index contributed by atoms with van der Waals surface area (Å²) in [5.41, 5.74) is 6.61. The number of amides is 1.